The van der Waals surface area contributed by atoms with Gasteiger partial charge in [-0.25, -0.2) is 0 Å². The van der Waals surface area contributed by atoms with Gasteiger partial charge in [0.2, 0.25) is 0 Å². The van der Waals surface area contributed by atoms with Crippen LogP contribution < -0.4 is 0 Å². The van der Waals surface area contributed by atoms with Crippen LogP contribution in [0.2, 0.25) is 0 Å². The van der Waals surface area contributed by atoms with E-state index in [4.69, 9.17) is 14.2 Å². The molecule has 0 spiro atoms. The van der Waals surface area contributed by atoms with Crippen LogP contribution in [0.3, 0.4) is 0 Å². The number of ether oxygens (including phenoxy) is 3. The number of carbonyl (C=O) groups excluding carboxylic acids is 3. The van der Waals surface area contributed by atoms with Gasteiger partial charge in [-0.05, 0) is 103 Å². The molecule has 1 unspecified atom stereocenters. The Morgan fingerprint density at radius 1 is 0.304 bits per heavy atom. The molecule has 0 aromatic carbocycles. The molecule has 0 amide bonds. The van der Waals surface area contributed by atoms with Crippen molar-refractivity contribution in [2.45, 2.75) is 271 Å². The molecule has 0 fully saturated rings. The van der Waals surface area contributed by atoms with E-state index in [1.807, 2.05) is 0 Å². The molecule has 0 saturated heterocycles. The molecule has 0 aromatic heterocycles. The van der Waals surface area contributed by atoms with Crippen molar-refractivity contribution >= 4 is 17.9 Å². The van der Waals surface area contributed by atoms with Crippen LogP contribution in [-0.2, 0) is 28.6 Å². The van der Waals surface area contributed by atoms with E-state index >= 15 is 0 Å². The van der Waals surface area contributed by atoms with E-state index in [-0.39, 0.29) is 31.1 Å². The van der Waals surface area contributed by atoms with E-state index in [9.17, 15) is 14.4 Å². The summed E-state index contributed by atoms with van der Waals surface area (Å²) in [5.74, 6) is -0.914. The molecule has 0 N–H and O–H groups in total. The second kappa shape index (κ2) is 56.9. The third-order valence-electron chi connectivity index (χ3n) is 12.1. The first-order valence-electron chi connectivity index (χ1n) is 28.7. The molecule has 0 aliphatic rings. The van der Waals surface area contributed by atoms with Gasteiger partial charge in [0.15, 0.2) is 6.10 Å². The Balaban J connectivity index is 4.25. The average molecular weight is 960 g/mol. The third kappa shape index (κ3) is 55.1. The van der Waals surface area contributed by atoms with Crippen molar-refractivity contribution in [3.8, 4) is 0 Å². The van der Waals surface area contributed by atoms with Crippen molar-refractivity contribution in [1.82, 2.24) is 0 Å². The predicted molar refractivity (Wildman–Crippen MR) is 297 cm³/mol. The Hall–Kier alpha value is -3.67. The molecule has 0 bridgehead atoms. The first-order chi connectivity index (χ1) is 34.0. The average Bonchev–Trinajstić information content (AvgIpc) is 3.35. The fourth-order valence-corrected chi connectivity index (χ4v) is 7.77. The topological polar surface area (TPSA) is 78.9 Å². The minimum Gasteiger partial charge on any atom is -0.462 e. The number of carbonyl (C=O) groups is 3. The van der Waals surface area contributed by atoms with Crippen LogP contribution in [0, 0.1) is 0 Å². The summed E-state index contributed by atoms with van der Waals surface area (Å²) in [4.78, 5) is 37.9. The van der Waals surface area contributed by atoms with Crippen molar-refractivity contribution in [2.24, 2.45) is 0 Å². The van der Waals surface area contributed by atoms with Crippen molar-refractivity contribution in [2.75, 3.05) is 13.2 Å². The molecule has 0 aliphatic carbocycles. The van der Waals surface area contributed by atoms with Gasteiger partial charge in [-0.3, -0.25) is 14.4 Å². The molecular weight excluding hydrogens is 853 g/mol. The van der Waals surface area contributed by atoms with Gasteiger partial charge < -0.3 is 14.2 Å². The van der Waals surface area contributed by atoms with Gasteiger partial charge in [-0.15, -0.1) is 0 Å². The van der Waals surface area contributed by atoms with Crippen LogP contribution in [-0.4, -0.2) is 37.2 Å². The SMILES string of the molecule is CC/C=C\C/C=C\C/C=C\C/C=C\C/C=C\C/C=C\C/C=C\CCCCCCCC(=O)OCC(COC(=O)CCCCCCCCC)OC(=O)CCCCCCCCC/C=C\CCCCCCCC. The predicted octanol–water partition coefficient (Wildman–Crippen LogP) is 19.3. The summed E-state index contributed by atoms with van der Waals surface area (Å²) in [7, 11) is 0. The lowest BCUT2D eigenvalue weighted by Crippen LogP contribution is -2.30. The Morgan fingerprint density at radius 2 is 0.565 bits per heavy atom. The van der Waals surface area contributed by atoms with Crippen molar-refractivity contribution in [3.05, 3.63) is 97.2 Å². The summed E-state index contributed by atoms with van der Waals surface area (Å²) in [6, 6.07) is 0. The molecule has 69 heavy (non-hydrogen) atoms. The highest BCUT2D eigenvalue weighted by molar-refractivity contribution is 5.71. The van der Waals surface area contributed by atoms with Crippen molar-refractivity contribution < 1.29 is 28.6 Å². The lowest BCUT2D eigenvalue weighted by molar-refractivity contribution is -0.167. The zero-order valence-electron chi connectivity index (χ0n) is 45.0. The first-order valence-corrected chi connectivity index (χ1v) is 28.7. The Morgan fingerprint density at radius 3 is 0.899 bits per heavy atom. The summed E-state index contributed by atoms with van der Waals surface area (Å²) in [6.45, 7) is 6.46. The summed E-state index contributed by atoms with van der Waals surface area (Å²) in [5, 5.41) is 0. The zero-order chi connectivity index (χ0) is 50.0. The molecule has 6 nitrogen and oxygen atoms in total. The van der Waals surface area contributed by atoms with E-state index in [2.05, 4.69) is 118 Å². The Bertz CT molecular complexity index is 1380. The lowest BCUT2D eigenvalue weighted by atomic mass is 10.1. The van der Waals surface area contributed by atoms with E-state index in [1.54, 1.807) is 0 Å². The van der Waals surface area contributed by atoms with Gasteiger partial charge in [0.05, 0.1) is 0 Å². The summed E-state index contributed by atoms with van der Waals surface area (Å²) >= 11 is 0. The molecule has 0 radical (unpaired) electrons. The van der Waals surface area contributed by atoms with Crippen molar-refractivity contribution in [3.63, 3.8) is 0 Å². The second-order valence-corrected chi connectivity index (χ2v) is 18.8. The number of esters is 3. The number of unbranched alkanes of at least 4 members (excludes halogenated alkanes) is 24. The Kier molecular flexibility index (Phi) is 53.9. The second-order valence-electron chi connectivity index (χ2n) is 18.8. The highest BCUT2D eigenvalue weighted by atomic mass is 16.6. The maximum absolute atomic E-state index is 12.8. The number of hydrogen-bond acceptors (Lipinski definition) is 6. The largest absolute Gasteiger partial charge is 0.462 e. The quantitative estimate of drug-likeness (QED) is 0.0262. The van der Waals surface area contributed by atoms with Crippen LogP contribution in [0.15, 0.2) is 97.2 Å². The molecule has 0 aliphatic heterocycles. The van der Waals surface area contributed by atoms with Crippen molar-refractivity contribution in [1.29, 1.82) is 0 Å². The molecule has 1 atom stereocenters. The molecular formula is C63H106O6. The van der Waals surface area contributed by atoms with E-state index in [0.29, 0.717) is 19.3 Å². The summed E-state index contributed by atoms with van der Waals surface area (Å²) < 4.78 is 16.8. The number of rotatable bonds is 51. The first kappa shape index (κ1) is 65.3. The van der Waals surface area contributed by atoms with Gasteiger partial charge >= 0.3 is 17.9 Å². The van der Waals surface area contributed by atoms with Crippen LogP contribution in [0.4, 0.5) is 0 Å². The Labute approximate surface area is 426 Å². The van der Waals surface area contributed by atoms with Crippen LogP contribution in [0.1, 0.15) is 265 Å². The lowest BCUT2D eigenvalue weighted by Gasteiger charge is -2.18. The van der Waals surface area contributed by atoms with Gasteiger partial charge in [0, 0.05) is 19.3 Å². The fourth-order valence-electron chi connectivity index (χ4n) is 7.77. The molecule has 394 valence electrons. The number of hydrogen-bond donors (Lipinski definition) is 0. The highest BCUT2D eigenvalue weighted by Crippen LogP contribution is 2.14. The van der Waals surface area contributed by atoms with E-state index in [0.717, 1.165) is 122 Å². The van der Waals surface area contributed by atoms with E-state index in [1.165, 1.54) is 103 Å². The fraction of sp³-hybridized carbons (Fsp3) is 0.698. The molecule has 0 heterocycles. The van der Waals surface area contributed by atoms with Crippen LogP contribution >= 0.6 is 0 Å². The zero-order valence-corrected chi connectivity index (χ0v) is 45.0. The standard InChI is InChI=1S/C63H106O6/c1-4-7-10-13-16-18-20-22-24-26-27-28-29-30-31-32-33-34-35-37-38-40-42-44-47-50-53-56-62(65)68-59-60(58-67-61(64)55-52-49-46-15-12-9-6-3)69-63(66)57-54-51-48-45-43-41-39-36-25-23-21-19-17-14-11-8-5-2/h7,10,16,18,22-25,27-28,30-31,33-34,37-38,60H,4-6,8-9,11-15,17,19-21,26,29,32,35-36,39-59H2,1-3H3/b10-7-,18-16-,24-22-,25-23-,28-27-,31-30-,34-33-,38-37-. The van der Waals surface area contributed by atoms with E-state index < -0.39 is 6.10 Å². The maximum Gasteiger partial charge on any atom is 0.306 e. The molecule has 0 rings (SSSR count). The van der Waals surface area contributed by atoms with Crippen LogP contribution in [0.5, 0.6) is 0 Å². The smallest absolute Gasteiger partial charge is 0.306 e. The minimum absolute atomic E-state index is 0.0849. The van der Waals surface area contributed by atoms with Gasteiger partial charge in [0.1, 0.15) is 13.2 Å². The van der Waals surface area contributed by atoms with Gasteiger partial charge in [0.25, 0.3) is 0 Å². The highest BCUT2D eigenvalue weighted by Gasteiger charge is 2.19. The van der Waals surface area contributed by atoms with Gasteiger partial charge in [-0.1, -0.05) is 240 Å². The summed E-state index contributed by atoms with van der Waals surface area (Å²) in [5.41, 5.74) is 0. The minimum atomic E-state index is -0.785. The molecule has 6 heteroatoms. The number of allylic oxidation sites excluding steroid dienone is 16. The third-order valence-corrected chi connectivity index (χ3v) is 12.1. The van der Waals surface area contributed by atoms with Gasteiger partial charge in [-0.2, -0.15) is 0 Å². The summed E-state index contributed by atoms with van der Waals surface area (Å²) in [6.07, 6.45) is 75.6. The molecule has 0 saturated carbocycles. The maximum atomic E-state index is 12.8. The van der Waals surface area contributed by atoms with Crippen LogP contribution in [0.25, 0.3) is 0 Å². The monoisotopic (exact) mass is 959 g/mol. The molecule has 0 aromatic rings. The normalized spacial score (nSPS) is 12.8.